The van der Waals surface area contributed by atoms with Crippen LogP contribution in [0.1, 0.15) is 63.7 Å². The Balaban J connectivity index is 0.000000174. The molecule has 2 saturated heterocycles. The topological polar surface area (TPSA) is 209 Å². The lowest BCUT2D eigenvalue weighted by Gasteiger charge is -2.29. The molecule has 496 valence electrons. The van der Waals surface area contributed by atoms with Crippen molar-refractivity contribution in [3.05, 3.63) is 248 Å². The molecule has 2 unspecified atom stereocenters. The summed E-state index contributed by atoms with van der Waals surface area (Å²) >= 11 is 25.5. The van der Waals surface area contributed by atoms with Gasteiger partial charge < -0.3 is 48.0 Å². The van der Waals surface area contributed by atoms with Crippen molar-refractivity contribution in [1.29, 1.82) is 0 Å². The molecule has 28 heteroatoms. The number of aromatic nitrogens is 12. The summed E-state index contributed by atoms with van der Waals surface area (Å²) in [6.07, 6.45) is 18.4. The second-order valence-electron chi connectivity index (χ2n) is 23.4. The van der Waals surface area contributed by atoms with Crippen molar-refractivity contribution in [3.63, 3.8) is 0 Å². The number of anilines is 4. The van der Waals surface area contributed by atoms with E-state index in [9.17, 15) is 9.59 Å². The van der Waals surface area contributed by atoms with E-state index in [0.29, 0.717) is 69.3 Å². The Kier molecular flexibility index (Phi) is 19.5. The van der Waals surface area contributed by atoms with Crippen LogP contribution in [0.4, 0.5) is 22.7 Å². The molecule has 10 aromatic rings. The molecule has 6 aromatic carbocycles. The van der Waals surface area contributed by atoms with E-state index in [1.165, 1.54) is 22.0 Å². The van der Waals surface area contributed by atoms with E-state index < -0.39 is 11.6 Å². The van der Waals surface area contributed by atoms with Crippen LogP contribution in [-0.4, -0.2) is 110 Å². The molecule has 0 aliphatic carbocycles. The summed E-state index contributed by atoms with van der Waals surface area (Å²) in [6.45, 7) is 11.0. The molecule has 4 aliphatic heterocycles. The average molecular weight is 1380 g/mol. The lowest BCUT2D eigenvalue weighted by atomic mass is 10.1. The molecule has 0 N–H and O–H groups in total. The Morgan fingerprint density at radius 1 is 0.479 bits per heavy atom. The zero-order chi connectivity index (χ0) is 66.5. The third-order valence-electron chi connectivity index (χ3n) is 17.1. The maximum absolute atomic E-state index is 12.8. The van der Waals surface area contributed by atoms with Gasteiger partial charge in [-0.25, -0.2) is 47.4 Å². The van der Waals surface area contributed by atoms with Gasteiger partial charge in [0, 0.05) is 68.7 Å². The van der Waals surface area contributed by atoms with Crippen LogP contribution in [0.25, 0.3) is 11.4 Å². The van der Waals surface area contributed by atoms with Crippen LogP contribution in [-0.2, 0) is 43.6 Å². The number of nitrogens with zero attached hydrogens (tertiary/aromatic N) is 16. The van der Waals surface area contributed by atoms with Crippen LogP contribution >= 0.6 is 46.4 Å². The monoisotopic (exact) mass is 1380 g/mol. The fourth-order valence-corrected chi connectivity index (χ4v) is 12.6. The van der Waals surface area contributed by atoms with Gasteiger partial charge in [-0.2, -0.15) is 20.4 Å². The molecular formula is C68H68Cl4N16O8. The molecule has 4 aliphatic rings. The van der Waals surface area contributed by atoms with Gasteiger partial charge in [-0.3, -0.25) is 0 Å². The van der Waals surface area contributed by atoms with Crippen LogP contribution in [0, 0.1) is 0 Å². The molecule has 24 nitrogen and oxygen atoms in total. The highest BCUT2D eigenvalue weighted by atomic mass is 35.5. The largest absolute Gasteiger partial charge is 0.491 e. The van der Waals surface area contributed by atoms with Crippen molar-refractivity contribution in [3.8, 4) is 22.9 Å². The molecule has 8 heterocycles. The van der Waals surface area contributed by atoms with Crippen molar-refractivity contribution < 1.29 is 28.4 Å². The third kappa shape index (κ3) is 14.2. The van der Waals surface area contributed by atoms with Crippen LogP contribution in [0.3, 0.4) is 0 Å². The summed E-state index contributed by atoms with van der Waals surface area (Å²) in [5, 5.41) is 18.9. The van der Waals surface area contributed by atoms with E-state index in [1.807, 2.05) is 150 Å². The second kappa shape index (κ2) is 28.6. The van der Waals surface area contributed by atoms with Crippen molar-refractivity contribution in [2.24, 2.45) is 0 Å². The van der Waals surface area contributed by atoms with Crippen LogP contribution in [0.5, 0.6) is 11.5 Å². The van der Waals surface area contributed by atoms with Gasteiger partial charge >= 0.3 is 11.4 Å². The molecule has 0 bridgehead atoms. The van der Waals surface area contributed by atoms with E-state index in [-0.39, 0.29) is 62.0 Å². The summed E-state index contributed by atoms with van der Waals surface area (Å²) < 4.78 is 47.1. The van der Waals surface area contributed by atoms with E-state index in [1.54, 1.807) is 80.2 Å². The molecule has 96 heavy (non-hydrogen) atoms. The van der Waals surface area contributed by atoms with Gasteiger partial charge in [0.15, 0.2) is 0 Å². The summed E-state index contributed by atoms with van der Waals surface area (Å²) in [5.41, 5.74) is 6.65. The minimum absolute atomic E-state index is 0.0491. The van der Waals surface area contributed by atoms with Gasteiger partial charge in [-0.15, -0.1) is 0 Å². The maximum Gasteiger partial charge on any atom is 0.350 e. The summed E-state index contributed by atoms with van der Waals surface area (Å²) in [7, 11) is 0. The van der Waals surface area contributed by atoms with Gasteiger partial charge in [0.05, 0.1) is 60.1 Å². The molecule has 6 atom stereocenters. The quantitative estimate of drug-likeness (QED) is 0.0617. The van der Waals surface area contributed by atoms with Crippen LogP contribution < -0.4 is 40.5 Å². The first-order chi connectivity index (χ1) is 46.6. The van der Waals surface area contributed by atoms with Crippen molar-refractivity contribution >= 4 is 69.2 Å². The average Bonchev–Trinajstić information content (AvgIpc) is 1.59. The highest BCUT2D eigenvalue weighted by molar-refractivity contribution is 6.35. The van der Waals surface area contributed by atoms with Gasteiger partial charge in [0.1, 0.15) is 88.0 Å². The highest BCUT2D eigenvalue weighted by Crippen LogP contribution is 2.43. The SMILES string of the molecule is CCC(C)n1ncn(-c2ccc(N3C=CN(c4ccc(OC[C@@H]5CO[C@@](Cn6cncn6)(c6ccc(Cl)cc6Cl)O5)cc4)C3)cc2)c1=O.CCC(C)n1ncn(-c2ccc(N3C=CN(c4ccc(OC[C@H]5CO[C@](Cn6cncn6)(c6ccc(Cl)cc6Cl)O5)cc4)C3)cc2)c1=O. The number of benzene rings is 6. The lowest BCUT2D eigenvalue weighted by Crippen LogP contribution is -2.35. The zero-order valence-electron chi connectivity index (χ0n) is 52.8. The first-order valence-electron chi connectivity index (χ1n) is 31.2. The van der Waals surface area contributed by atoms with E-state index in [0.717, 1.165) is 47.0 Å². The fourth-order valence-electron chi connectivity index (χ4n) is 11.5. The van der Waals surface area contributed by atoms with Gasteiger partial charge in [0.2, 0.25) is 11.6 Å². The van der Waals surface area contributed by atoms with Gasteiger partial charge in [-0.05, 0) is 148 Å². The van der Waals surface area contributed by atoms with Crippen molar-refractivity contribution in [2.75, 3.05) is 59.4 Å². The number of halogens is 4. The fraction of sp³-hybridized carbons (Fsp3) is 0.294. The Bertz CT molecular complexity index is 4170. The number of ether oxygens (including phenoxy) is 6. The van der Waals surface area contributed by atoms with E-state index in [2.05, 4.69) is 50.0 Å². The highest BCUT2D eigenvalue weighted by Gasteiger charge is 2.47. The molecule has 0 amide bonds. The minimum Gasteiger partial charge on any atom is -0.491 e. The lowest BCUT2D eigenvalue weighted by molar-refractivity contribution is -0.191. The molecule has 14 rings (SSSR count). The molecule has 4 aromatic heterocycles. The van der Waals surface area contributed by atoms with Crippen molar-refractivity contribution in [2.45, 2.75) is 89.5 Å². The smallest absolute Gasteiger partial charge is 0.350 e. The van der Waals surface area contributed by atoms with Gasteiger partial charge in [-0.1, -0.05) is 72.4 Å². The molecular weight excluding hydrogens is 1310 g/mol. The Morgan fingerprint density at radius 3 is 1.17 bits per heavy atom. The Morgan fingerprint density at radius 2 is 0.833 bits per heavy atom. The zero-order valence-corrected chi connectivity index (χ0v) is 55.8. The second-order valence-corrected chi connectivity index (χ2v) is 25.1. The summed E-state index contributed by atoms with van der Waals surface area (Å²) in [6, 6.07) is 42.1. The standard InChI is InChI=1S/2C34H34Cl2N8O4/c2*1-3-24(2)44-33(45)43(22-39-44)28-7-5-26(6-8-28)40-14-15-41(23-40)27-9-11-29(12-10-27)46-17-30-18-47-34(48-30,19-42-21-37-20-38-42)31-13-4-25(35)16-32(31)36/h2*4-16,20-22,24,30H,3,17-19,23H2,1-2H3/t2*24?,30-,34-/m10/s1. The third-order valence-corrected chi connectivity index (χ3v) is 18.2. The molecule has 0 saturated carbocycles. The van der Waals surface area contributed by atoms with Crippen LogP contribution in [0.15, 0.2) is 206 Å². The Labute approximate surface area is 572 Å². The van der Waals surface area contributed by atoms with Gasteiger partial charge in [0.25, 0.3) is 0 Å². The first-order valence-corrected chi connectivity index (χ1v) is 32.8. The Hall–Kier alpha value is -9.24. The predicted molar refractivity (Wildman–Crippen MR) is 365 cm³/mol. The van der Waals surface area contributed by atoms with Crippen molar-refractivity contribution in [1.82, 2.24) is 58.2 Å². The molecule has 2 fully saturated rings. The van der Waals surface area contributed by atoms with E-state index >= 15 is 0 Å². The first kappa shape index (κ1) is 65.4. The molecule has 0 radical (unpaired) electrons. The van der Waals surface area contributed by atoms with Crippen LogP contribution in [0.2, 0.25) is 20.1 Å². The maximum atomic E-state index is 12.8. The summed E-state index contributed by atoms with van der Waals surface area (Å²) in [4.78, 5) is 42.2. The predicted octanol–water partition coefficient (Wildman–Crippen LogP) is 12.0. The van der Waals surface area contributed by atoms with E-state index in [4.69, 9.17) is 74.8 Å². The number of rotatable bonds is 22. The summed E-state index contributed by atoms with van der Waals surface area (Å²) in [5.74, 6) is -0.919. The number of hydrogen-bond donors (Lipinski definition) is 0. The minimum atomic E-state index is -1.17. The molecule has 0 spiro atoms. The number of hydrogen-bond acceptors (Lipinski definition) is 18. The normalized spacial score (nSPS) is 19.7.